The van der Waals surface area contributed by atoms with E-state index >= 15 is 0 Å². The van der Waals surface area contributed by atoms with Crippen LogP contribution >= 0.6 is 0 Å². The molecule has 68 valence electrons. The molecule has 0 spiro atoms. The van der Waals surface area contributed by atoms with Gasteiger partial charge in [-0.25, -0.2) is 0 Å². The Bertz CT molecular complexity index is 175. The Morgan fingerprint density at radius 1 is 1.33 bits per heavy atom. The Hall–Kier alpha value is -0.570. The number of hydrogen-bond acceptors (Lipinski definition) is 3. The van der Waals surface area contributed by atoms with Crippen LogP contribution < -0.4 is 5.32 Å². The summed E-state index contributed by atoms with van der Waals surface area (Å²) in [5.41, 5.74) is 0. The van der Waals surface area contributed by atoms with Crippen molar-refractivity contribution in [3.8, 4) is 0 Å². The molecule has 0 radical (unpaired) electrons. The van der Waals surface area contributed by atoms with Crippen LogP contribution in [0.4, 0.5) is 0 Å². The van der Waals surface area contributed by atoms with E-state index in [0.29, 0.717) is 12.5 Å². The Labute approximate surface area is 72.5 Å². The second kappa shape index (κ2) is 3.44. The predicted octanol–water partition coefficient (Wildman–Crippen LogP) is 0.834. The molecule has 0 saturated carbocycles. The molecule has 0 amide bonds. The lowest BCUT2D eigenvalue weighted by atomic mass is 9.98. The molecule has 3 nitrogen and oxygen atoms in total. The molecule has 0 aromatic rings. The van der Waals surface area contributed by atoms with Crippen molar-refractivity contribution in [3.63, 3.8) is 0 Å². The van der Waals surface area contributed by atoms with Crippen molar-refractivity contribution in [1.29, 1.82) is 0 Å². The van der Waals surface area contributed by atoms with Crippen LogP contribution in [0.1, 0.15) is 32.1 Å². The van der Waals surface area contributed by atoms with Gasteiger partial charge in [-0.3, -0.25) is 4.79 Å². The zero-order chi connectivity index (χ0) is 8.39. The van der Waals surface area contributed by atoms with Gasteiger partial charge in [-0.15, -0.1) is 0 Å². The fourth-order valence-electron chi connectivity index (χ4n) is 2.03. The van der Waals surface area contributed by atoms with Gasteiger partial charge in [0.1, 0.15) is 6.10 Å². The normalized spacial score (nSPS) is 36.5. The smallest absolute Gasteiger partial charge is 0.306 e. The van der Waals surface area contributed by atoms with Gasteiger partial charge in [-0.05, 0) is 25.8 Å². The van der Waals surface area contributed by atoms with Crippen LogP contribution in [0.5, 0.6) is 0 Å². The first-order valence-corrected chi connectivity index (χ1v) is 4.79. The van der Waals surface area contributed by atoms with Crippen LogP contribution in [0.25, 0.3) is 0 Å². The summed E-state index contributed by atoms with van der Waals surface area (Å²) in [6.45, 7) is 1.08. The summed E-state index contributed by atoms with van der Waals surface area (Å²) < 4.78 is 5.20. The van der Waals surface area contributed by atoms with Crippen LogP contribution in [-0.2, 0) is 9.53 Å². The summed E-state index contributed by atoms with van der Waals surface area (Å²) in [7, 11) is 0. The minimum Gasteiger partial charge on any atom is -0.461 e. The van der Waals surface area contributed by atoms with E-state index in [9.17, 15) is 4.79 Å². The van der Waals surface area contributed by atoms with E-state index in [2.05, 4.69) is 5.32 Å². The molecule has 2 atom stereocenters. The van der Waals surface area contributed by atoms with Gasteiger partial charge < -0.3 is 10.1 Å². The van der Waals surface area contributed by atoms with Crippen LogP contribution in [0, 0.1) is 0 Å². The highest BCUT2D eigenvalue weighted by Crippen LogP contribution is 2.21. The topological polar surface area (TPSA) is 38.3 Å². The molecule has 0 bridgehead atoms. The average Bonchev–Trinajstić information content (AvgIpc) is 2.54. The SMILES string of the molecule is O=C1CCC(C2CCCCN2)O1. The predicted molar refractivity (Wildman–Crippen MR) is 44.8 cm³/mol. The molecule has 2 aliphatic rings. The van der Waals surface area contributed by atoms with Crippen molar-refractivity contribution in [1.82, 2.24) is 5.32 Å². The van der Waals surface area contributed by atoms with E-state index in [1.165, 1.54) is 12.8 Å². The van der Waals surface area contributed by atoms with E-state index in [4.69, 9.17) is 4.74 Å². The lowest BCUT2D eigenvalue weighted by Crippen LogP contribution is -2.42. The van der Waals surface area contributed by atoms with Gasteiger partial charge in [0.25, 0.3) is 0 Å². The minimum atomic E-state index is -0.0210. The van der Waals surface area contributed by atoms with Gasteiger partial charge >= 0.3 is 5.97 Å². The molecule has 0 aromatic carbocycles. The zero-order valence-corrected chi connectivity index (χ0v) is 7.21. The zero-order valence-electron chi connectivity index (χ0n) is 7.21. The highest BCUT2D eigenvalue weighted by molar-refractivity contribution is 5.71. The third kappa shape index (κ3) is 1.61. The summed E-state index contributed by atoms with van der Waals surface area (Å²) in [5.74, 6) is -0.0210. The Kier molecular flexibility index (Phi) is 2.30. The number of carbonyl (C=O) groups is 1. The summed E-state index contributed by atoms with van der Waals surface area (Å²) in [4.78, 5) is 10.8. The summed E-state index contributed by atoms with van der Waals surface area (Å²) in [6.07, 6.45) is 5.39. The summed E-state index contributed by atoms with van der Waals surface area (Å²) >= 11 is 0. The molecule has 1 N–H and O–H groups in total. The number of cyclic esters (lactones) is 1. The van der Waals surface area contributed by atoms with Crippen molar-refractivity contribution >= 4 is 5.97 Å². The van der Waals surface area contributed by atoms with E-state index in [-0.39, 0.29) is 12.1 Å². The van der Waals surface area contributed by atoms with Crippen molar-refractivity contribution in [2.24, 2.45) is 0 Å². The minimum absolute atomic E-state index is 0.0210. The highest BCUT2D eigenvalue weighted by atomic mass is 16.5. The molecule has 2 aliphatic heterocycles. The number of nitrogens with one attached hydrogen (secondary N) is 1. The molecule has 2 rings (SSSR count). The fourth-order valence-corrected chi connectivity index (χ4v) is 2.03. The Morgan fingerprint density at radius 3 is 2.83 bits per heavy atom. The second-order valence-electron chi connectivity index (χ2n) is 3.62. The van der Waals surface area contributed by atoms with Gasteiger partial charge in [0, 0.05) is 12.5 Å². The molecule has 0 aromatic heterocycles. The van der Waals surface area contributed by atoms with Gasteiger partial charge in [0.15, 0.2) is 0 Å². The quantitative estimate of drug-likeness (QED) is 0.591. The van der Waals surface area contributed by atoms with E-state index in [1.54, 1.807) is 0 Å². The van der Waals surface area contributed by atoms with Crippen LogP contribution in [0.3, 0.4) is 0 Å². The third-order valence-corrected chi connectivity index (χ3v) is 2.71. The van der Waals surface area contributed by atoms with Crippen molar-refractivity contribution in [3.05, 3.63) is 0 Å². The van der Waals surface area contributed by atoms with Crippen LogP contribution in [0.15, 0.2) is 0 Å². The average molecular weight is 169 g/mol. The maximum Gasteiger partial charge on any atom is 0.306 e. The van der Waals surface area contributed by atoms with Gasteiger partial charge in [-0.2, -0.15) is 0 Å². The van der Waals surface area contributed by atoms with Crippen molar-refractivity contribution < 1.29 is 9.53 Å². The molecule has 2 saturated heterocycles. The molecule has 2 heterocycles. The van der Waals surface area contributed by atoms with E-state index < -0.39 is 0 Å². The maximum atomic E-state index is 10.8. The van der Waals surface area contributed by atoms with Crippen LogP contribution in [-0.4, -0.2) is 24.7 Å². The maximum absolute atomic E-state index is 10.8. The molecule has 2 unspecified atom stereocenters. The number of carbonyl (C=O) groups excluding carboxylic acids is 1. The molecular formula is C9H15NO2. The summed E-state index contributed by atoms with van der Waals surface area (Å²) in [5, 5.41) is 3.40. The highest BCUT2D eigenvalue weighted by Gasteiger charge is 2.31. The second-order valence-corrected chi connectivity index (χ2v) is 3.62. The number of esters is 1. The molecule has 2 fully saturated rings. The number of ether oxygens (including phenoxy) is 1. The molecule has 12 heavy (non-hydrogen) atoms. The first kappa shape index (κ1) is 8.05. The molecule has 0 aliphatic carbocycles. The molecular weight excluding hydrogens is 154 g/mol. The monoisotopic (exact) mass is 169 g/mol. The Morgan fingerprint density at radius 2 is 2.25 bits per heavy atom. The van der Waals surface area contributed by atoms with E-state index in [1.807, 2.05) is 0 Å². The number of rotatable bonds is 1. The van der Waals surface area contributed by atoms with Gasteiger partial charge in [0.2, 0.25) is 0 Å². The fraction of sp³-hybridized carbons (Fsp3) is 0.889. The van der Waals surface area contributed by atoms with Crippen LogP contribution in [0.2, 0.25) is 0 Å². The third-order valence-electron chi connectivity index (χ3n) is 2.71. The van der Waals surface area contributed by atoms with E-state index in [0.717, 1.165) is 19.4 Å². The first-order chi connectivity index (χ1) is 5.86. The first-order valence-electron chi connectivity index (χ1n) is 4.79. The number of hydrogen-bond donors (Lipinski definition) is 1. The van der Waals surface area contributed by atoms with Crippen molar-refractivity contribution in [2.75, 3.05) is 6.54 Å². The Balaban J connectivity index is 1.86. The number of piperidine rings is 1. The van der Waals surface area contributed by atoms with Crippen molar-refractivity contribution in [2.45, 2.75) is 44.2 Å². The standard InChI is InChI=1S/C9H15NO2/c11-9-5-4-8(12-9)7-3-1-2-6-10-7/h7-8,10H,1-6H2. The molecule has 3 heteroatoms. The largest absolute Gasteiger partial charge is 0.461 e. The summed E-state index contributed by atoms with van der Waals surface area (Å²) in [6, 6.07) is 0.435. The lowest BCUT2D eigenvalue weighted by molar-refractivity contribution is -0.142. The lowest BCUT2D eigenvalue weighted by Gasteiger charge is -2.27. The van der Waals surface area contributed by atoms with Gasteiger partial charge in [-0.1, -0.05) is 6.42 Å². The van der Waals surface area contributed by atoms with Gasteiger partial charge in [0.05, 0.1) is 0 Å².